The molecule has 0 aliphatic rings. The molecule has 0 N–H and O–H groups in total. The molecule has 0 rings (SSSR count). The lowest BCUT2D eigenvalue weighted by molar-refractivity contribution is -0.146. The van der Waals surface area contributed by atoms with E-state index in [0.717, 1.165) is 19.3 Å². The van der Waals surface area contributed by atoms with Gasteiger partial charge in [0.05, 0.1) is 13.2 Å². The highest BCUT2D eigenvalue weighted by molar-refractivity contribution is 5.72. The number of nitriles is 4. The van der Waals surface area contributed by atoms with Crippen LogP contribution in [0.2, 0.25) is 0 Å². The van der Waals surface area contributed by atoms with Crippen LogP contribution in [0.1, 0.15) is 33.1 Å². The van der Waals surface area contributed by atoms with Gasteiger partial charge in [0.25, 0.3) is 0 Å². The van der Waals surface area contributed by atoms with Gasteiger partial charge in [0.2, 0.25) is 0 Å². The first-order valence-electron chi connectivity index (χ1n) is 11.8. The first-order valence-corrected chi connectivity index (χ1v) is 11.8. The summed E-state index contributed by atoms with van der Waals surface area (Å²) in [5.41, 5.74) is -0.0600. The molecular formula is C27H34N6O4. The summed E-state index contributed by atoms with van der Waals surface area (Å²) in [6.07, 6.45) is 11.3. The van der Waals surface area contributed by atoms with Crippen molar-refractivity contribution in [3.05, 3.63) is 47.9 Å². The number of esters is 2. The van der Waals surface area contributed by atoms with Gasteiger partial charge in [-0.25, -0.2) is 0 Å². The van der Waals surface area contributed by atoms with E-state index in [9.17, 15) is 9.59 Å². The van der Waals surface area contributed by atoms with Crippen LogP contribution in [0.4, 0.5) is 0 Å². The van der Waals surface area contributed by atoms with Crippen molar-refractivity contribution in [2.45, 2.75) is 33.1 Å². The van der Waals surface area contributed by atoms with Crippen LogP contribution in [-0.4, -0.2) is 62.1 Å². The average Bonchev–Trinajstić information content (AvgIpc) is 2.88. The highest BCUT2D eigenvalue weighted by atomic mass is 16.5. The third kappa shape index (κ3) is 15.9. The third-order valence-corrected chi connectivity index (χ3v) is 5.23. The minimum absolute atomic E-state index is 0.0239. The summed E-state index contributed by atoms with van der Waals surface area (Å²) in [5.74, 6) is -0.538. The summed E-state index contributed by atoms with van der Waals surface area (Å²) < 4.78 is 10.9. The van der Waals surface area contributed by atoms with Crippen molar-refractivity contribution in [1.82, 2.24) is 9.80 Å². The molecule has 0 bridgehead atoms. The molecule has 0 spiro atoms. The number of hydrogen-bond acceptors (Lipinski definition) is 10. The zero-order valence-electron chi connectivity index (χ0n) is 21.9. The predicted molar refractivity (Wildman–Crippen MR) is 136 cm³/mol. The quantitative estimate of drug-likeness (QED) is 0.173. The van der Waals surface area contributed by atoms with E-state index in [4.69, 9.17) is 30.5 Å². The molecule has 0 radical (unpaired) electrons. The first kappa shape index (κ1) is 32.5. The second-order valence-corrected chi connectivity index (χ2v) is 8.27. The molecule has 0 saturated carbocycles. The van der Waals surface area contributed by atoms with Gasteiger partial charge in [-0.1, -0.05) is 26.7 Å². The molecule has 0 amide bonds. The molecule has 0 aromatic rings. The van der Waals surface area contributed by atoms with E-state index >= 15 is 0 Å². The van der Waals surface area contributed by atoms with Gasteiger partial charge in [-0.3, -0.25) is 9.59 Å². The fourth-order valence-electron chi connectivity index (χ4n) is 2.97. The van der Waals surface area contributed by atoms with Crippen LogP contribution in [0.15, 0.2) is 47.9 Å². The number of carbonyl (C=O) groups excluding carboxylic acids is 2. The monoisotopic (exact) mass is 506 g/mol. The highest BCUT2D eigenvalue weighted by Crippen LogP contribution is 2.20. The number of hydrogen-bond donors (Lipinski definition) is 0. The standard InChI is InChI=1S/C27H34N6O4/c1-5-22(20-36-26(34)18-32(3)11-7-9-24(14-28)15-29)13-23(6-2)21-37-27(35)19-33(4)12-8-10-25(16-30)17-31/h7-12,22-23H,5-6,13,18-21H2,1-4H3/b11-7+,12-8+. The van der Waals surface area contributed by atoms with Crippen molar-refractivity contribution < 1.29 is 19.1 Å². The molecule has 0 saturated heterocycles. The molecule has 10 heteroatoms. The molecule has 196 valence electrons. The van der Waals surface area contributed by atoms with Gasteiger partial charge in [-0.05, 0) is 55.0 Å². The topological polar surface area (TPSA) is 154 Å². The predicted octanol–water partition coefficient (Wildman–Crippen LogP) is 3.35. The number of nitrogens with zero attached hydrogens (tertiary/aromatic N) is 6. The smallest absolute Gasteiger partial charge is 0.325 e. The van der Waals surface area contributed by atoms with Gasteiger partial charge in [0.15, 0.2) is 0 Å². The molecule has 37 heavy (non-hydrogen) atoms. The maximum absolute atomic E-state index is 12.2. The molecule has 0 heterocycles. The first-order chi connectivity index (χ1) is 17.7. The average molecular weight is 507 g/mol. The Morgan fingerprint density at radius 3 is 1.38 bits per heavy atom. The largest absolute Gasteiger partial charge is 0.464 e. The Morgan fingerprint density at radius 2 is 1.08 bits per heavy atom. The maximum atomic E-state index is 12.2. The Hall–Kier alpha value is -4.54. The van der Waals surface area contributed by atoms with Crippen molar-refractivity contribution in [3.8, 4) is 24.3 Å². The number of rotatable bonds is 16. The minimum atomic E-state index is -0.391. The summed E-state index contributed by atoms with van der Waals surface area (Å²) in [5, 5.41) is 34.8. The molecule has 0 aliphatic heterocycles. The molecule has 0 fully saturated rings. The lowest BCUT2D eigenvalue weighted by Crippen LogP contribution is -2.27. The van der Waals surface area contributed by atoms with Crippen molar-refractivity contribution in [1.29, 1.82) is 21.0 Å². The van der Waals surface area contributed by atoms with Crippen LogP contribution in [0.25, 0.3) is 0 Å². The summed E-state index contributed by atoms with van der Waals surface area (Å²) >= 11 is 0. The minimum Gasteiger partial charge on any atom is -0.464 e. The fourth-order valence-corrected chi connectivity index (χ4v) is 2.97. The van der Waals surface area contributed by atoms with E-state index in [2.05, 4.69) is 0 Å². The van der Waals surface area contributed by atoms with Gasteiger partial charge in [0, 0.05) is 14.1 Å². The lowest BCUT2D eigenvalue weighted by atomic mass is 9.92. The van der Waals surface area contributed by atoms with E-state index in [1.807, 2.05) is 13.8 Å². The highest BCUT2D eigenvalue weighted by Gasteiger charge is 2.18. The summed E-state index contributed by atoms with van der Waals surface area (Å²) in [4.78, 5) is 27.5. The van der Waals surface area contributed by atoms with E-state index in [-0.39, 0.29) is 49.3 Å². The molecule has 10 nitrogen and oxygen atoms in total. The van der Waals surface area contributed by atoms with E-state index < -0.39 is 11.9 Å². The van der Waals surface area contributed by atoms with Crippen LogP contribution in [0.5, 0.6) is 0 Å². The SMILES string of the molecule is CCC(COC(=O)CN(C)/C=C/C=C(C#N)C#N)CC(CC)COC(=O)CN(C)/C=C/C=C(C#N)C#N. The van der Waals surface area contributed by atoms with Gasteiger partial charge in [0.1, 0.15) is 48.5 Å². The second kappa shape index (κ2) is 19.7. The van der Waals surface area contributed by atoms with Crippen molar-refractivity contribution >= 4 is 11.9 Å². The number of likely N-dealkylation sites (N-methyl/N-ethyl adjacent to an activating group) is 2. The maximum Gasteiger partial charge on any atom is 0.325 e. The Labute approximate surface area is 219 Å². The van der Waals surface area contributed by atoms with Crippen LogP contribution < -0.4 is 0 Å². The summed E-state index contributed by atoms with van der Waals surface area (Å²) in [7, 11) is 3.37. The van der Waals surface area contributed by atoms with Crippen LogP contribution in [0, 0.1) is 57.2 Å². The van der Waals surface area contributed by atoms with Gasteiger partial charge in [-0.2, -0.15) is 21.0 Å². The Kier molecular flexibility index (Phi) is 17.3. The Morgan fingerprint density at radius 1 is 0.730 bits per heavy atom. The fraction of sp³-hybridized carbons (Fsp3) is 0.481. The van der Waals surface area contributed by atoms with E-state index in [1.54, 1.807) is 60.6 Å². The van der Waals surface area contributed by atoms with Crippen molar-refractivity contribution in [2.24, 2.45) is 11.8 Å². The van der Waals surface area contributed by atoms with Gasteiger partial charge in [-0.15, -0.1) is 0 Å². The van der Waals surface area contributed by atoms with Crippen LogP contribution in [0.3, 0.4) is 0 Å². The number of ether oxygens (including phenoxy) is 2. The van der Waals surface area contributed by atoms with Crippen LogP contribution in [-0.2, 0) is 19.1 Å². The Bertz CT molecular complexity index is 919. The molecule has 2 unspecified atom stereocenters. The third-order valence-electron chi connectivity index (χ3n) is 5.23. The molecule has 0 aromatic carbocycles. The summed E-state index contributed by atoms with van der Waals surface area (Å²) in [6.45, 7) is 4.60. The zero-order chi connectivity index (χ0) is 28.1. The normalized spacial score (nSPS) is 11.7. The second-order valence-electron chi connectivity index (χ2n) is 8.27. The molecule has 0 aliphatic carbocycles. The number of allylic oxidation sites excluding steroid dienone is 6. The molecule has 2 atom stereocenters. The van der Waals surface area contributed by atoms with E-state index in [1.165, 1.54) is 24.3 Å². The zero-order valence-corrected chi connectivity index (χ0v) is 21.9. The Balaban J connectivity index is 4.56. The number of carbonyl (C=O) groups is 2. The van der Waals surface area contributed by atoms with Crippen molar-refractivity contribution in [3.63, 3.8) is 0 Å². The summed E-state index contributed by atoms with van der Waals surface area (Å²) in [6, 6.07) is 7.00. The molecule has 0 aromatic heterocycles. The molecular weight excluding hydrogens is 472 g/mol. The van der Waals surface area contributed by atoms with Crippen molar-refractivity contribution in [2.75, 3.05) is 40.4 Å². The van der Waals surface area contributed by atoms with Crippen LogP contribution >= 0.6 is 0 Å². The lowest BCUT2D eigenvalue weighted by Gasteiger charge is -2.22. The van der Waals surface area contributed by atoms with E-state index in [0.29, 0.717) is 0 Å². The van der Waals surface area contributed by atoms with Gasteiger partial charge < -0.3 is 19.3 Å². The van der Waals surface area contributed by atoms with Gasteiger partial charge >= 0.3 is 11.9 Å².